The quantitative estimate of drug-likeness (QED) is 0.677. The summed E-state index contributed by atoms with van der Waals surface area (Å²) in [6, 6.07) is 12.1. The van der Waals surface area contributed by atoms with Crippen molar-refractivity contribution in [3.63, 3.8) is 0 Å². The van der Waals surface area contributed by atoms with Gasteiger partial charge in [0.25, 0.3) is 5.91 Å². The number of rotatable bonds is 7. The average Bonchev–Trinajstić information content (AvgIpc) is 3.16. The predicted octanol–water partition coefficient (Wildman–Crippen LogP) is 4.39. The van der Waals surface area contributed by atoms with Gasteiger partial charge in [-0.25, -0.2) is 0 Å². The van der Waals surface area contributed by atoms with Crippen LogP contribution in [0.3, 0.4) is 0 Å². The van der Waals surface area contributed by atoms with Crippen molar-refractivity contribution in [3.05, 3.63) is 54.0 Å². The van der Waals surface area contributed by atoms with Crippen molar-refractivity contribution in [2.45, 2.75) is 62.3 Å². The number of benzene rings is 1. The molecule has 3 rings (SSSR count). The van der Waals surface area contributed by atoms with E-state index < -0.39 is 0 Å². The molecule has 2 N–H and O–H groups in total. The molecule has 1 fully saturated rings. The molecule has 0 radical (unpaired) electrons. The predicted molar refractivity (Wildman–Crippen MR) is 111 cm³/mol. The summed E-state index contributed by atoms with van der Waals surface area (Å²) in [6.07, 6.45) is 4.96. The van der Waals surface area contributed by atoms with E-state index in [1.54, 1.807) is 18.0 Å². The van der Waals surface area contributed by atoms with Gasteiger partial charge < -0.3 is 15.1 Å². The van der Waals surface area contributed by atoms with E-state index in [1.807, 2.05) is 38.1 Å². The minimum atomic E-state index is -0.191. The standard InChI is InChI=1S/C22H28N2O3S/c1-15(2)23-21(25)16-7-6-8-18(13-16)24-22(26)20-17(11-12-27-20)14-28-19-9-4-3-5-10-19/h3-5,9-12,15-16,18H,6-8,13-14H2,1-2H3,(H,23,25)(H,24,26). The van der Waals surface area contributed by atoms with Gasteiger partial charge in [0.2, 0.25) is 5.91 Å². The minimum absolute atomic E-state index is 0.00360. The highest BCUT2D eigenvalue weighted by atomic mass is 32.2. The molecule has 0 saturated heterocycles. The summed E-state index contributed by atoms with van der Waals surface area (Å²) in [5.41, 5.74) is 0.885. The maximum absolute atomic E-state index is 12.7. The second kappa shape index (κ2) is 9.82. The third-order valence-corrected chi connectivity index (χ3v) is 5.96. The molecular weight excluding hydrogens is 372 g/mol. The second-order valence-electron chi connectivity index (χ2n) is 7.57. The largest absolute Gasteiger partial charge is 0.459 e. The summed E-state index contributed by atoms with van der Waals surface area (Å²) in [5.74, 6) is 0.909. The van der Waals surface area contributed by atoms with Crippen LogP contribution >= 0.6 is 11.8 Å². The number of amides is 2. The molecule has 1 aromatic heterocycles. The SMILES string of the molecule is CC(C)NC(=O)C1CCCC(NC(=O)c2occc2CSc2ccccc2)C1. The Bertz CT molecular complexity index is 788. The van der Waals surface area contributed by atoms with Gasteiger partial charge in [-0.05, 0) is 51.3 Å². The van der Waals surface area contributed by atoms with E-state index >= 15 is 0 Å². The van der Waals surface area contributed by atoms with Crippen molar-refractivity contribution in [2.75, 3.05) is 0 Å². The van der Waals surface area contributed by atoms with Gasteiger partial charge in [-0.15, -0.1) is 11.8 Å². The Hall–Kier alpha value is -2.21. The van der Waals surface area contributed by atoms with Gasteiger partial charge in [0, 0.05) is 34.2 Å². The average molecular weight is 401 g/mol. The van der Waals surface area contributed by atoms with Gasteiger partial charge in [-0.2, -0.15) is 0 Å². The molecule has 2 atom stereocenters. The Morgan fingerprint density at radius 3 is 2.71 bits per heavy atom. The summed E-state index contributed by atoms with van der Waals surface area (Å²) in [7, 11) is 0. The molecule has 1 aromatic carbocycles. The van der Waals surface area contributed by atoms with E-state index in [2.05, 4.69) is 22.8 Å². The van der Waals surface area contributed by atoms with Crippen LogP contribution in [0.5, 0.6) is 0 Å². The van der Waals surface area contributed by atoms with E-state index in [-0.39, 0.29) is 29.8 Å². The lowest BCUT2D eigenvalue weighted by molar-refractivity contribution is -0.126. The molecule has 0 spiro atoms. The normalized spacial score (nSPS) is 19.4. The Morgan fingerprint density at radius 1 is 1.18 bits per heavy atom. The summed E-state index contributed by atoms with van der Waals surface area (Å²) < 4.78 is 5.48. The van der Waals surface area contributed by atoms with Crippen molar-refractivity contribution in [1.82, 2.24) is 10.6 Å². The highest BCUT2D eigenvalue weighted by Gasteiger charge is 2.29. The first-order chi connectivity index (χ1) is 13.5. The molecule has 1 saturated carbocycles. The molecule has 2 amide bonds. The number of thioether (sulfide) groups is 1. The van der Waals surface area contributed by atoms with Crippen molar-refractivity contribution in [1.29, 1.82) is 0 Å². The molecule has 0 aliphatic heterocycles. The van der Waals surface area contributed by atoms with Gasteiger partial charge >= 0.3 is 0 Å². The van der Waals surface area contributed by atoms with Crippen LogP contribution in [-0.4, -0.2) is 23.9 Å². The van der Waals surface area contributed by atoms with Crippen molar-refractivity contribution in [2.24, 2.45) is 5.92 Å². The van der Waals surface area contributed by atoms with E-state index in [4.69, 9.17) is 4.42 Å². The lowest BCUT2D eigenvalue weighted by atomic mass is 9.85. The number of hydrogen-bond acceptors (Lipinski definition) is 4. The van der Waals surface area contributed by atoms with E-state index in [9.17, 15) is 9.59 Å². The second-order valence-corrected chi connectivity index (χ2v) is 8.62. The van der Waals surface area contributed by atoms with Crippen LogP contribution in [0.1, 0.15) is 55.6 Å². The van der Waals surface area contributed by atoms with Crippen LogP contribution in [0.4, 0.5) is 0 Å². The van der Waals surface area contributed by atoms with E-state index in [1.165, 1.54) is 0 Å². The monoisotopic (exact) mass is 400 g/mol. The summed E-state index contributed by atoms with van der Waals surface area (Å²) in [4.78, 5) is 26.2. The lowest BCUT2D eigenvalue weighted by Crippen LogP contribution is -2.43. The molecule has 28 heavy (non-hydrogen) atoms. The van der Waals surface area contributed by atoms with Crippen LogP contribution in [0.2, 0.25) is 0 Å². The molecule has 6 heteroatoms. The zero-order chi connectivity index (χ0) is 19.9. The van der Waals surface area contributed by atoms with Crippen LogP contribution < -0.4 is 10.6 Å². The number of hydrogen-bond donors (Lipinski definition) is 2. The first kappa shape index (κ1) is 20.5. The Kier molecular flexibility index (Phi) is 7.20. The Morgan fingerprint density at radius 2 is 1.96 bits per heavy atom. The van der Waals surface area contributed by atoms with Crippen molar-refractivity contribution >= 4 is 23.6 Å². The fraction of sp³-hybridized carbons (Fsp3) is 0.455. The molecule has 1 aliphatic rings. The fourth-order valence-corrected chi connectivity index (χ4v) is 4.44. The maximum Gasteiger partial charge on any atom is 0.287 e. The molecule has 5 nitrogen and oxygen atoms in total. The van der Waals surface area contributed by atoms with Gasteiger partial charge in [0.1, 0.15) is 0 Å². The van der Waals surface area contributed by atoms with Crippen LogP contribution in [0.25, 0.3) is 0 Å². The third-order valence-electron chi connectivity index (χ3n) is 4.90. The topological polar surface area (TPSA) is 71.3 Å². The molecular formula is C22H28N2O3S. The Balaban J connectivity index is 1.56. The van der Waals surface area contributed by atoms with Gasteiger partial charge in [-0.1, -0.05) is 24.6 Å². The molecule has 1 aliphatic carbocycles. The highest BCUT2D eigenvalue weighted by molar-refractivity contribution is 7.98. The number of carbonyl (C=O) groups excluding carboxylic acids is 2. The highest BCUT2D eigenvalue weighted by Crippen LogP contribution is 2.27. The smallest absolute Gasteiger partial charge is 0.287 e. The molecule has 2 aromatic rings. The zero-order valence-electron chi connectivity index (χ0n) is 16.4. The van der Waals surface area contributed by atoms with Gasteiger partial charge in [0.15, 0.2) is 5.76 Å². The summed E-state index contributed by atoms with van der Waals surface area (Å²) in [6.45, 7) is 3.93. The molecule has 1 heterocycles. The Labute approximate surface area is 170 Å². The molecule has 150 valence electrons. The van der Waals surface area contributed by atoms with E-state index in [0.29, 0.717) is 17.9 Å². The van der Waals surface area contributed by atoms with Crippen LogP contribution in [0, 0.1) is 5.92 Å². The summed E-state index contributed by atoms with van der Waals surface area (Å²) >= 11 is 1.67. The first-order valence-electron chi connectivity index (χ1n) is 9.88. The zero-order valence-corrected chi connectivity index (χ0v) is 17.3. The van der Waals surface area contributed by atoms with Crippen molar-refractivity contribution < 1.29 is 14.0 Å². The number of carbonyl (C=O) groups is 2. The molecule has 2 unspecified atom stereocenters. The minimum Gasteiger partial charge on any atom is -0.459 e. The molecule has 0 bridgehead atoms. The van der Waals surface area contributed by atoms with Gasteiger partial charge in [-0.3, -0.25) is 9.59 Å². The van der Waals surface area contributed by atoms with E-state index in [0.717, 1.165) is 29.7 Å². The van der Waals surface area contributed by atoms with Gasteiger partial charge in [0.05, 0.1) is 6.26 Å². The number of furan rings is 1. The maximum atomic E-state index is 12.7. The third kappa shape index (κ3) is 5.64. The van der Waals surface area contributed by atoms with Crippen molar-refractivity contribution in [3.8, 4) is 0 Å². The van der Waals surface area contributed by atoms with Crippen LogP contribution in [0.15, 0.2) is 52.0 Å². The lowest BCUT2D eigenvalue weighted by Gasteiger charge is -2.29. The van der Waals surface area contributed by atoms with Crippen LogP contribution in [-0.2, 0) is 10.5 Å². The fourth-order valence-electron chi connectivity index (χ4n) is 3.54. The summed E-state index contributed by atoms with van der Waals surface area (Å²) in [5, 5.41) is 6.06. The first-order valence-corrected chi connectivity index (χ1v) is 10.9. The number of nitrogens with one attached hydrogen (secondary N) is 2.